The summed E-state index contributed by atoms with van der Waals surface area (Å²) in [5.74, 6) is -1.08. The molecule has 12 nitrogen and oxygen atoms in total. The summed E-state index contributed by atoms with van der Waals surface area (Å²) in [5.41, 5.74) is -1.33. The SMILES string of the molecule is CNc1ncn(C2(C(=O)Nc3cncc(-c4ccc(C(F)(F)F)nc4)n3)CC2)c1C(=O)N(O)Cc1ccccn1. The zero-order valence-electron chi connectivity index (χ0n) is 20.9. The average Bonchev–Trinajstić information content (AvgIpc) is 3.65. The normalized spacial score (nSPS) is 13.9. The number of hydroxylamine groups is 2. The number of alkyl halides is 3. The summed E-state index contributed by atoms with van der Waals surface area (Å²) in [6, 6.07) is 7.12. The van der Waals surface area contributed by atoms with E-state index >= 15 is 0 Å². The molecule has 0 saturated heterocycles. The molecule has 0 unspecified atom stereocenters. The molecule has 0 radical (unpaired) electrons. The summed E-state index contributed by atoms with van der Waals surface area (Å²) >= 11 is 0. The first kappa shape index (κ1) is 26.7. The van der Waals surface area contributed by atoms with Gasteiger partial charge in [-0.2, -0.15) is 13.2 Å². The fourth-order valence-electron chi connectivity index (χ4n) is 4.11. The van der Waals surface area contributed by atoms with Crippen molar-refractivity contribution in [3.63, 3.8) is 0 Å². The molecule has 40 heavy (non-hydrogen) atoms. The molecule has 15 heteroatoms. The molecule has 3 N–H and O–H groups in total. The van der Waals surface area contributed by atoms with Gasteiger partial charge in [0.1, 0.15) is 11.2 Å². The Morgan fingerprint density at radius 1 is 1.10 bits per heavy atom. The van der Waals surface area contributed by atoms with Crippen LogP contribution < -0.4 is 10.6 Å². The monoisotopic (exact) mass is 553 g/mol. The molecule has 0 aromatic carbocycles. The molecule has 1 aliphatic rings. The van der Waals surface area contributed by atoms with Crippen LogP contribution in [0.15, 0.2) is 61.4 Å². The van der Waals surface area contributed by atoms with Crippen molar-refractivity contribution < 1.29 is 28.0 Å². The Balaban J connectivity index is 1.37. The highest BCUT2D eigenvalue weighted by Crippen LogP contribution is 2.46. The zero-order valence-corrected chi connectivity index (χ0v) is 20.9. The molecular weight excluding hydrogens is 531 g/mol. The molecule has 2 amide bonds. The summed E-state index contributed by atoms with van der Waals surface area (Å²) in [6.07, 6.45) is 2.69. The largest absolute Gasteiger partial charge is 0.433 e. The van der Waals surface area contributed by atoms with Crippen LogP contribution in [-0.2, 0) is 23.1 Å². The lowest BCUT2D eigenvalue weighted by Crippen LogP contribution is -2.38. The molecule has 0 bridgehead atoms. The first-order valence-corrected chi connectivity index (χ1v) is 12.0. The summed E-state index contributed by atoms with van der Waals surface area (Å²) in [7, 11) is 1.56. The third-order valence-corrected chi connectivity index (χ3v) is 6.31. The van der Waals surface area contributed by atoms with Crippen LogP contribution in [0.25, 0.3) is 11.3 Å². The van der Waals surface area contributed by atoms with Crippen molar-refractivity contribution in [2.24, 2.45) is 0 Å². The Bertz CT molecular complexity index is 1540. The van der Waals surface area contributed by atoms with Gasteiger partial charge in [0.25, 0.3) is 11.8 Å². The molecule has 1 fully saturated rings. The van der Waals surface area contributed by atoms with Crippen molar-refractivity contribution in [3.8, 4) is 11.3 Å². The number of halogens is 3. The summed E-state index contributed by atoms with van der Waals surface area (Å²) in [5, 5.41) is 16.5. The van der Waals surface area contributed by atoms with Crippen molar-refractivity contribution in [1.82, 2.24) is 34.6 Å². The van der Waals surface area contributed by atoms with E-state index in [1.807, 2.05) is 0 Å². The number of aromatic nitrogens is 6. The minimum atomic E-state index is -4.58. The summed E-state index contributed by atoms with van der Waals surface area (Å²) in [6.45, 7) is -0.186. The van der Waals surface area contributed by atoms with Crippen LogP contribution in [0.2, 0.25) is 0 Å². The van der Waals surface area contributed by atoms with Gasteiger partial charge in [-0.25, -0.2) is 15.0 Å². The Morgan fingerprint density at radius 2 is 1.90 bits per heavy atom. The summed E-state index contributed by atoms with van der Waals surface area (Å²) < 4.78 is 39.9. The third-order valence-electron chi connectivity index (χ3n) is 6.31. The fourth-order valence-corrected chi connectivity index (χ4v) is 4.11. The zero-order chi connectivity index (χ0) is 28.5. The number of amides is 2. The fraction of sp³-hybridized carbons (Fsp3) is 0.240. The first-order chi connectivity index (χ1) is 19.1. The van der Waals surface area contributed by atoms with E-state index in [4.69, 9.17) is 0 Å². The highest BCUT2D eigenvalue weighted by Gasteiger charge is 2.54. The number of hydrogen-bond donors (Lipinski definition) is 3. The predicted octanol–water partition coefficient (Wildman–Crippen LogP) is 3.35. The number of rotatable bonds is 8. The molecule has 0 spiro atoms. The van der Waals surface area contributed by atoms with Crippen LogP contribution in [-0.4, -0.2) is 58.6 Å². The van der Waals surface area contributed by atoms with E-state index in [0.29, 0.717) is 23.6 Å². The maximum Gasteiger partial charge on any atom is 0.433 e. The first-order valence-electron chi connectivity index (χ1n) is 12.0. The standard InChI is InChI=1S/C25H22F3N9O3/c1-29-21-20(22(38)37(40)13-16-4-2-3-9-31-16)36(14-33-21)24(7-8-24)23(39)35-19-12-30-11-17(34-19)15-5-6-18(32-10-15)25(26,27)28/h2-6,9-12,14,29,40H,7-8,13H2,1H3,(H,34,35,39). The van der Waals surface area contributed by atoms with Gasteiger partial charge in [0.2, 0.25) is 0 Å². The van der Waals surface area contributed by atoms with Gasteiger partial charge in [0.05, 0.1) is 36.7 Å². The van der Waals surface area contributed by atoms with E-state index in [2.05, 4.69) is 35.6 Å². The summed E-state index contributed by atoms with van der Waals surface area (Å²) in [4.78, 5) is 46.8. The maximum atomic E-state index is 13.5. The lowest BCUT2D eigenvalue weighted by atomic mass is 10.2. The molecule has 4 heterocycles. The minimum Gasteiger partial charge on any atom is -0.371 e. The van der Waals surface area contributed by atoms with Crippen molar-refractivity contribution in [2.45, 2.75) is 31.1 Å². The van der Waals surface area contributed by atoms with Crippen LogP contribution >= 0.6 is 0 Å². The van der Waals surface area contributed by atoms with Gasteiger partial charge < -0.3 is 15.2 Å². The smallest absolute Gasteiger partial charge is 0.371 e. The van der Waals surface area contributed by atoms with E-state index < -0.39 is 29.2 Å². The molecule has 1 aliphatic carbocycles. The highest BCUT2D eigenvalue weighted by atomic mass is 19.4. The lowest BCUT2D eigenvalue weighted by molar-refractivity contribution is -0.141. The number of carbonyl (C=O) groups is 2. The number of pyridine rings is 2. The van der Waals surface area contributed by atoms with Gasteiger partial charge in [-0.1, -0.05) is 6.07 Å². The molecule has 1 saturated carbocycles. The second-order valence-electron chi connectivity index (χ2n) is 8.95. The maximum absolute atomic E-state index is 13.5. The number of anilines is 2. The second kappa shape index (κ2) is 10.3. The van der Waals surface area contributed by atoms with Gasteiger partial charge in [0.15, 0.2) is 17.3 Å². The quantitative estimate of drug-likeness (QED) is 0.220. The molecule has 4 aromatic heterocycles. The topological polar surface area (TPSA) is 151 Å². The van der Waals surface area contributed by atoms with Crippen molar-refractivity contribution in [3.05, 3.63) is 78.5 Å². The number of nitrogens with zero attached hydrogens (tertiary/aromatic N) is 7. The minimum absolute atomic E-state index is 0.0238. The highest BCUT2D eigenvalue weighted by molar-refractivity contribution is 6.01. The van der Waals surface area contributed by atoms with Crippen LogP contribution in [0.3, 0.4) is 0 Å². The van der Waals surface area contributed by atoms with Gasteiger partial charge in [0, 0.05) is 25.0 Å². The third kappa shape index (κ3) is 5.18. The number of hydrogen-bond acceptors (Lipinski definition) is 9. The Labute approximate surface area is 224 Å². The second-order valence-corrected chi connectivity index (χ2v) is 8.95. The van der Waals surface area contributed by atoms with E-state index in [9.17, 15) is 28.0 Å². The van der Waals surface area contributed by atoms with Crippen molar-refractivity contribution in [2.75, 3.05) is 17.7 Å². The van der Waals surface area contributed by atoms with Crippen LogP contribution in [0.4, 0.5) is 24.8 Å². The number of imidazole rings is 1. The van der Waals surface area contributed by atoms with Crippen LogP contribution in [0.1, 0.15) is 34.7 Å². The average molecular weight is 554 g/mol. The van der Waals surface area contributed by atoms with Crippen molar-refractivity contribution >= 4 is 23.5 Å². The Hall–Kier alpha value is -4.92. The van der Waals surface area contributed by atoms with Gasteiger partial charge >= 0.3 is 6.18 Å². The molecule has 5 rings (SSSR count). The number of carbonyl (C=O) groups excluding carboxylic acids is 2. The van der Waals surface area contributed by atoms with Gasteiger partial charge in [-0.3, -0.25) is 29.7 Å². The van der Waals surface area contributed by atoms with E-state index in [1.165, 1.54) is 35.6 Å². The number of nitrogens with one attached hydrogen (secondary N) is 2. The lowest BCUT2D eigenvalue weighted by Gasteiger charge is -2.22. The molecule has 4 aromatic rings. The molecular formula is C25H22F3N9O3. The van der Waals surface area contributed by atoms with Crippen LogP contribution in [0, 0.1) is 0 Å². The van der Waals surface area contributed by atoms with E-state index in [-0.39, 0.29) is 35.1 Å². The van der Waals surface area contributed by atoms with Crippen LogP contribution in [0.5, 0.6) is 0 Å². The van der Waals surface area contributed by atoms with Gasteiger partial charge in [-0.15, -0.1) is 0 Å². The molecule has 0 atom stereocenters. The Morgan fingerprint density at radius 3 is 2.52 bits per heavy atom. The predicted molar refractivity (Wildman–Crippen MR) is 134 cm³/mol. The van der Waals surface area contributed by atoms with Gasteiger partial charge in [-0.05, 0) is 37.1 Å². The van der Waals surface area contributed by atoms with Crippen molar-refractivity contribution in [1.29, 1.82) is 0 Å². The molecule has 206 valence electrons. The molecule has 0 aliphatic heterocycles. The van der Waals surface area contributed by atoms with E-state index in [1.54, 1.807) is 25.2 Å². The Kier molecular flexibility index (Phi) is 6.89. The van der Waals surface area contributed by atoms with E-state index in [0.717, 1.165) is 12.3 Å².